The number of carbonyl (C=O) groups excluding carboxylic acids is 2. The van der Waals surface area contributed by atoms with E-state index in [9.17, 15) is 9.59 Å². The first-order valence-corrected chi connectivity index (χ1v) is 9.33. The van der Waals surface area contributed by atoms with Crippen LogP contribution in [0.3, 0.4) is 0 Å². The van der Waals surface area contributed by atoms with E-state index in [2.05, 4.69) is 5.32 Å². The molecule has 26 heavy (non-hydrogen) atoms. The number of benzene rings is 2. The number of amides is 2. The molecule has 2 aromatic carbocycles. The summed E-state index contributed by atoms with van der Waals surface area (Å²) in [5, 5.41) is 3.75. The van der Waals surface area contributed by atoms with E-state index in [0.717, 1.165) is 24.0 Å². The monoisotopic (exact) mass is 370 g/mol. The molecule has 1 heterocycles. The summed E-state index contributed by atoms with van der Waals surface area (Å²) >= 11 is 5.86. The zero-order chi connectivity index (χ0) is 18.4. The Morgan fingerprint density at radius 2 is 1.54 bits per heavy atom. The molecule has 5 heteroatoms. The average Bonchev–Trinajstić information content (AvgIpc) is 2.65. The van der Waals surface area contributed by atoms with Crippen molar-refractivity contribution in [3.63, 3.8) is 0 Å². The van der Waals surface area contributed by atoms with Crippen LogP contribution >= 0.6 is 11.6 Å². The standard InChI is InChI=1S/C21H23ClN2O2/c22-18-8-6-17(7-9-18)14-20(25)23-19-10-12-24(13-11-19)21(26)15-16-4-2-1-3-5-16/h1-9,19H,10-15H2,(H,23,25). The fourth-order valence-electron chi connectivity index (χ4n) is 3.22. The fourth-order valence-corrected chi connectivity index (χ4v) is 3.35. The lowest BCUT2D eigenvalue weighted by atomic mass is 10.0. The van der Waals surface area contributed by atoms with Gasteiger partial charge in [0.1, 0.15) is 0 Å². The lowest BCUT2D eigenvalue weighted by Crippen LogP contribution is -2.47. The Bertz CT molecular complexity index is 738. The van der Waals surface area contributed by atoms with Gasteiger partial charge < -0.3 is 10.2 Å². The summed E-state index contributed by atoms with van der Waals surface area (Å²) in [5.41, 5.74) is 1.98. The molecule has 3 rings (SSSR count). The molecule has 4 nitrogen and oxygen atoms in total. The molecule has 1 N–H and O–H groups in total. The molecular weight excluding hydrogens is 348 g/mol. The Balaban J connectivity index is 1.42. The second kappa shape index (κ2) is 8.86. The molecule has 0 atom stereocenters. The second-order valence-electron chi connectivity index (χ2n) is 6.69. The van der Waals surface area contributed by atoms with E-state index in [1.165, 1.54) is 0 Å². The van der Waals surface area contributed by atoms with Crippen molar-refractivity contribution >= 4 is 23.4 Å². The van der Waals surface area contributed by atoms with Gasteiger partial charge in [0.15, 0.2) is 0 Å². The molecule has 0 aliphatic carbocycles. The Labute approximate surface area is 159 Å². The van der Waals surface area contributed by atoms with Crippen LogP contribution in [0.1, 0.15) is 24.0 Å². The van der Waals surface area contributed by atoms with Gasteiger partial charge in [-0.1, -0.05) is 54.1 Å². The van der Waals surface area contributed by atoms with Crippen LogP contribution in [0.5, 0.6) is 0 Å². The van der Waals surface area contributed by atoms with Crippen LogP contribution < -0.4 is 5.32 Å². The van der Waals surface area contributed by atoms with Crippen LogP contribution in [-0.4, -0.2) is 35.8 Å². The van der Waals surface area contributed by atoms with Gasteiger partial charge in [-0.25, -0.2) is 0 Å². The number of rotatable bonds is 5. The van der Waals surface area contributed by atoms with Crippen molar-refractivity contribution in [3.05, 3.63) is 70.7 Å². The highest BCUT2D eigenvalue weighted by molar-refractivity contribution is 6.30. The van der Waals surface area contributed by atoms with E-state index in [1.54, 1.807) is 12.1 Å². The first kappa shape index (κ1) is 18.5. The van der Waals surface area contributed by atoms with Gasteiger partial charge in [-0.05, 0) is 36.1 Å². The van der Waals surface area contributed by atoms with Gasteiger partial charge in [-0.15, -0.1) is 0 Å². The summed E-state index contributed by atoms with van der Waals surface area (Å²) in [6, 6.07) is 17.3. The highest BCUT2D eigenvalue weighted by Gasteiger charge is 2.23. The lowest BCUT2D eigenvalue weighted by molar-refractivity contribution is -0.131. The minimum atomic E-state index is 0.0152. The Morgan fingerprint density at radius 1 is 0.923 bits per heavy atom. The zero-order valence-electron chi connectivity index (χ0n) is 14.7. The van der Waals surface area contributed by atoms with Crippen LogP contribution in [-0.2, 0) is 22.4 Å². The number of likely N-dealkylation sites (tertiary alicyclic amines) is 1. The first-order chi connectivity index (χ1) is 12.6. The largest absolute Gasteiger partial charge is 0.353 e. The van der Waals surface area contributed by atoms with Crippen molar-refractivity contribution < 1.29 is 9.59 Å². The van der Waals surface area contributed by atoms with Crippen molar-refractivity contribution in [3.8, 4) is 0 Å². The summed E-state index contributed by atoms with van der Waals surface area (Å²) < 4.78 is 0. The van der Waals surface area contributed by atoms with Crippen LogP contribution in [0, 0.1) is 0 Å². The predicted molar refractivity (Wildman–Crippen MR) is 103 cm³/mol. The van der Waals surface area contributed by atoms with Crippen molar-refractivity contribution in [2.45, 2.75) is 31.7 Å². The normalized spacial score (nSPS) is 14.9. The second-order valence-corrected chi connectivity index (χ2v) is 7.12. The third-order valence-electron chi connectivity index (χ3n) is 4.69. The maximum absolute atomic E-state index is 12.4. The summed E-state index contributed by atoms with van der Waals surface area (Å²) in [6.45, 7) is 1.38. The molecule has 1 aliphatic rings. The zero-order valence-corrected chi connectivity index (χ0v) is 15.4. The molecule has 136 valence electrons. The lowest BCUT2D eigenvalue weighted by Gasteiger charge is -2.32. The van der Waals surface area contributed by atoms with Crippen LogP contribution in [0.15, 0.2) is 54.6 Å². The Hall–Kier alpha value is -2.33. The van der Waals surface area contributed by atoms with Gasteiger partial charge in [0.25, 0.3) is 0 Å². The Morgan fingerprint density at radius 3 is 2.19 bits per heavy atom. The van der Waals surface area contributed by atoms with Crippen LogP contribution in [0.2, 0.25) is 5.02 Å². The maximum Gasteiger partial charge on any atom is 0.226 e. The highest BCUT2D eigenvalue weighted by atomic mass is 35.5. The minimum Gasteiger partial charge on any atom is -0.353 e. The van der Waals surface area contributed by atoms with Gasteiger partial charge in [0.05, 0.1) is 12.8 Å². The number of nitrogens with zero attached hydrogens (tertiary/aromatic N) is 1. The molecule has 2 aromatic rings. The highest BCUT2D eigenvalue weighted by Crippen LogP contribution is 2.14. The predicted octanol–water partition coefficient (Wildman–Crippen LogP) is 3.23. The molecule has 1 fully saturated rings. The van der Waals surface area contributed by atoms with Crippen LogP contribution in [0.4, 0.5) is 0 Å². The molecule has 0 spiro atoms. The first-order valence-electron chi connectivity index (χ1n) is 8.95. The number of carbonyl (C=O) groups is 2. The van der Waals surface area contributed by atoms with Crippen LogP contribution in [0.25, 0.3) is 0 Å². The fraction of sp³-hybridized carbons (Fsp3) is 0.333. The van der Waals surface area contributed by atoms with Gasteiger partial charge in [-0.2, -0.15) is 0 Å². The van der Waals surface area contributed by atoms with E-state index in [0.29, 0.717) is 31.0 Å². The summed E-state index contributed by atoms with van der Waals surface area (Å²) in [5.74, 6) is 0.170. The number of halogens is 1. The minimum absolute atomic E-state index is 0.0152. The maximum atomic E-state index is 12.4. The number of hydrogen-bond donors (Lipinski definition) is 1. The van der Waals surface area contributed by atoms with E-state index < -0.39 is 0 Å². The van der Waals surface area contributed by atoms with Crippen molar-refractivity contribution in [2.24, 2.45) is 0 Å². The van der Waals surface area contributed by atoms with E-state index in [-0.39, 0.29) is 17.9 Å². The molecule has 0 saturated carbocycles. The number of nitrogens with one attached hydrogen (secondary N) is 1. The van der Waals surface area contributed by atoms with E-state index >= 15 is 0 Å². The van der Waals surface area contributed by atoms with Gasteiger partial charge >= 0.3 is 0 Å². The smallest absolute Gasteiger partial charge is 0.226 e. The third-order valence-corrected chi connectivity index (χ3v) is 4.94. The van der Waals surface area contributed by atoms with Gasteiger partial charge in [-0.3, -0.25) is 9.59 Å². The SMILES string of the molecule is O=C(Cc1ccc(Cl)cc1)NC1CCN(C(=O)Cc2ccccc2)CC1. The Kier molecular flexibility index (Phi) is 6.29. The molecule has 0 bridgehead atoms. The molecule has 0 aromatic heterocycles. The molecule has 2 amide bonds. The molecule has 0 unspecified atom stereocenters. The summed E-state index contributed by atoms with van der Waals surface area (Å²) in [4.78, 5) is 26.5. The average molecular weight is 371 g/mol. The summed E-state index contributed by atoms with van der Waals surface area (Å²) in [7, 11) is 0. The number of piperidine rings is 1. The third kappa shape index (κ3) is 5.33. The molecule has 1 saturated heterocycles. The van der Waals surface area contributed by atoms with Crippen molar-refractivity contribution in [1.29, 1.82) is 0 Å². The summed E-state index contributed by atoms with van der Waals surface area (Å²) in [6.07, 6.45) is 2.39. The molecule has 0 radical (unpaired) electrons. The topological polar surface area (TPSA) is 49.4 Å². The van der Waals surface area contributed by atoms with E-state index in [1.807, 2.05) is 47.4 Å². The van der Waals surface area contributed by atoms with E-state index in [4.69, 9.17) is 11.6 Å². The molecule has 1 aliphatic heterocycles. The van der Waals surface area contributed by atoms with Crippen molar-refractivity contribution in [2.75, 3.05) is 13.1 Å². The number of hydrogen-bond acceptors (Lipinski definition) is 2. The quantitative estimate of drug-likeness (QED) is 0.878. The molecular formula is C21H23ClN2O2. The van der Waals surface area contributed by atoms with Gasteiger partial charge in [0, 0.05) is 24.2 Å². The van der Waals surface area contributed by atoms with Crippen molar-refractivity contribution in [1.82, 2.24) is 10.2 Å². The van der Waals surface area contributed by atoms with Gasteiger partial charge in [0.2, 0.25) is 11.8 Å².